The minimum atomic E-state index is 0.0768. The minimum Gasteiger partial charge on any atom is -0.338 e. The van der Waals surface area contributed by atoms with Crippen molar-refractivity contribution in [1.82, 2.24) is 19.7 Å². The van der Waals surface area contributed by atoms with Gasteiger partial charge in [-0.2, -0.15) is 5.10 Å². The molecule has 0 unspecified atom stereocenters. The molecule has 1 fully saturated rings. The normalized spacial score (nSPS) is 22.3. The predicted molar refractivity (Wildman–Crippen MR) is 80.2 cm³/mol. The van der Waals surface area contributed by atoms with Gasteiger partial charge in [-0.15, -0.1) is 0 Å². The average molecular weight is 284 g/mol. The van der Waals surface area contributed by atoms with Crippen LogP contribution in [0.1, 0.15) is 30.6 Å². The van der Waals surface area contributed by atoms with Gasteiger partial charge in [0.15, 0.2) is 5.82 Å². The molecular weight excluding hydrogens is 264 g/mol. The van der Waals surface area contributed by atoms with Crippen LogP contribution >= 0.6 is 0 Å². The van der Waals surface area contributed by atoms with Gasteiger partial charge in [-0.1, -0.05) is 13.8 Å². The first-order valence-corrected chi connectivity index (χ1v) is 7.39. The number of likely N-dealkylation sites (tertiary alicyclic amines) is 1. The number of carbonyl (C=O) groups is 1. The Labute approximate surface area is 124 Å². The second kappa shape index (κ2) is 5.68. The third-order valence-electron chi connectivity index (χ3n) is 3.89. The Bertz CT molecular complexity index is 596. The van der Waals surface area contributed by atoms with E-state index >= 15 is 0 Å². The van der Waals surface area contributed by atoms with E-state index in [0.29, 0.717) is 17.4 Å². The van der Waals surface area contributed by atoms with Gasteiger partial charge in [-0.3, -0.25) is 4.79 Å². The number of carbonyl (C=O) groups excluding carboxylic acids is 1. The summed E-state index contributed by atoms with van der Waals surface area (Å²) in [5.74, 6) is 1.92. The fourth-order valence-electron chi connectivity index (χ4n) is 3.06. The van der Waals surface area contributed by atoms with Crippen molar-refractivity contribution in [2.45, 2.75) is 20.3 Å². The first-order chi connectivity index (χ1) is 10.1. The Balaban J connectivity index is 1.76. The summed E-state index contributed by atoms with van der Waals surface area (Å²) in [6, 6.07) is 5.50. The molecule has 2 atom stereocenters. The number of amides is 1. The number of aromatic nitrogens is 3. The first kappa shape index (κ1) is 13.8. The molecule has 0 bridgehead atoms. The molecule has 1 amide bonds. The lowest BCUT2D eigenvalue weighted by Gasteiger charge is -2.35. The maximum absolute atomic E-state index is 12.6. The number of piperidine rings is 1. The van der Waals surface area contributed by atoms with Crippen LogP contribution in [0.2, 0.25) is 0 Å². The van der Waals surface area contributed by atoms with Crippen molar-refractivity contribution < 1.29 is 4.79 Å². The number of hydrogen-bond acceptors (Lipinski definition) is 3. The highest BCUT2D eigenvalue weighted by Crippen LogP contribution is 2.22. The smallest absolute Gasteiger partial charge is 0.255 e. The maximum atomic E-state index is 12.6. The van der Waals surface area contributed by atoms with Gasteiger partial charge in [0, 0.05) is 31.7 Å². The van der Waals surface area contributed by atoms with Crippen LogP contribution in [-0.4, -0.2) is 38.7 Å². The monoisotopic (exact) mass is 284 g/mol. The molecule has 1 aliphatic rings. The predicted octanol–water partition coefficient (Wildman–Crippen LogP) is 2.39. The van der Waals surface area contributed by atoms with Gasteiger partial charge >= 0.3 is 0 Å². The van der Waals surface area contributed by atoms with Crippen LogP contribution in [0.15, 0.2) is 36.8 Å². The Morgan fingerprint density at radius 3 is 2.57 bits per heavy atom. The fourth-order valence-corrected chi connectivity index (χ4v) is 3.06. The van der Waals surface area contributed by atoms with Crippen molar-refractivity contribution in [3.8, 4) is 5.82 Å². The van der Waals surface area contributed by atoms with E-state index in [-0.39, 0.29) is 5.91 Å². The molecule has 0 aromatic carbocycles. The average Bonchev–Trinajstić information content (AvgIpc) is 3.00. The van der Waals surface area contributed by atoms with Crippen LogP contribution in [0.25, 0.3) is 5.82 Å². The van der Waals surface area contributed by atoms with Crippen LogP contribution in [0, 0.1) is 11.8 Å². The fraction of sp³-hybridized carbons (Fsp3) is 0.438. The third-order valence-corrected chi connectivity index (χ3v) is 3.89. The lowest BCUT2D eigenvalue weighted by Crippen LogP contribution is -2.42. The van der Waals surface area contributed by atoms with Gasteiger partial charge in [0.05, 0.1) is 5.56 Å². The highest BCUT2D eigenvalue weighted by Gasteiger charge is 2.26. The Kier molecular flexibility index (Phi) is 3.73. The van der Waals surface area contributed by atoms with Crippen LogP contribution in [0.5, 0.6) is 0 Å². The van der Waals surface area contributed by atoms with E-state index in [1.165, 1.54) is 6.42 Å². The van der Waals surface area contributed by atoms with Gasteiger partial charge in [0.1, 0.15) is 0 Å². The molecule has 0 saturated carbocycles. The summed E-state index contributed by atoms with van der Waals surface area (Å²) in [5.41, 5.74) is 0.646. The second-order valence-electron chi connectivity index (χ2n) is 6.01. The Morgan fingerprint density at radius 1 is 1.24 bits per heavy atom. The molecule has 0 aliphatic carbocycles. The van der Waals surface area contributed by atoms with Gasteiger partial charge in [0.2, 0.25) is 0 Å². The molecule has 3 heterocycles. The summed E-state index contributed by atoms with van der Waals surface area (Å²) >= 11 is 0. The van der Waals surface area contributed by atoms with E-state index in [2.05, 4.69) is 23.9 Å². The van der Waals surface area contributed by atoms with Gasteiger partial charge in [0.25, 0.3) is 5.91 Å². The summed E-state index contributed by atoms with van der Waals surface area (Å²) in [4.78, 5) is 18.8. The van der Waals surface area contributed by atoms with Gasteiger partial charge in [-0.25, -0.2) is 9.67 Å². The lowest BCUT2D eigenvalue weighted by atomic mass is 9.91. The molecule has 2 aromatic heterocycles. The van der Waals surface area contributed by atoms with E-state index in [9.17, 15) is 4.79 Å². The zero-order valence-corrected chi connectivity index (χ0v) is 12.4. The SMILES string of the molecule is C[C@H]1C[C@H](C)CN(C(=O)c2ccc(-n3cccn3)nc2)C1. The summed E-state index contributed by atoms with van der Waals surface area (Å²) in [6.45, 7) is 6.08. The summed E-state index contributed by atoms with van der Waals surface area (Å²) in [6.07, 6.45) is 6.37. The van der Waals surface area contributed by atoms with Crippen LogP contribution < -0.4 is 0 Å². The quantitative estimate of drug-likeness (QED) is 0.851. The standard InChI is InChI=1S/C16H20N4O/c1-12-8-13(2)11-19(10-12)16(21)14-4-5-15(17-9-14)20-7-3-6-18-20/h3-7,9,12-13H,8,10-11H2,1-2H3/t12-,13-/m0/s1. The first-order valence-electron chi connectivity index (χ1n) is 7.39. The molecule has 5 heteroatoms. The second-order valence-corrected chi connectivity index (χ2v) is 6.01. The lowest BCUT2D eigenvalue weighted by molar-refractivity contribution is 0.0622. The van der Waals surface area contributed by atoms with E-state index < -0.39 is 0 Å². The molecule has 3 rings (SSSR count). The molecule has 0 N–H and O–H groups in total. The Hall–Kier alpha value is -2.17. The molecule has 2 aromatic rings. The van der Waals surface area contributed by atoms with E-state index in [4.69, 9.17) is 0 Å². The van der Waals surface area contributed by atoms with E-state index in [1.54, 1.807) is 17.1 Å². The van der Waals surface area contributed by atoms with Crippen molar-refractivity contribution in [3.63, 3.8) is 0 Å². The highest BCUT2D eigenvalue weighted by atomic mass is 16.2. The molecular formula is C16H20N4O. The van der Waals surface area contributed by atoms with Crippen LogP contribution in [0.3, 0.4) is 0 Å². The summed E-state index contributed by atoms with van der Waals surface area (Å²) in [5, 5.41) is 4.13. The van der Waals surface area contributed by atoms with Crippen molar-refractivity contribution in [3.05, 3.63) is 42.4 Å². The van der Waals surface area contributed by atoms with Crippen molar-refractivity contribution >= 4 is 5.91 Å². The molecule has 0 radical (unpaired) electrons. The maximum Gasteiger partial charge on any atom is 0.255 e. The molecule has 5 nitrogen and oxygen atoms in total. The minimum absolute atomic E-state index is 0.0768. The Morgan fingerprint density at radius 2 is 2.00 bits per heavy atom. The zero-order chi connectivity index (χ0) is 14.8. The molecule has 110 valence electrons. The third kappa shape index (κ3) is 2.96. The van der Waals surface area contributed by atoms with Gasteiger partial charge < -0.3 is 4.90 Å². The number of nitrogens with zero attached hydrogens (tertiary/aromatic N) is 4. The van der Waals surface area contributed by atoms with Crippen molar-refractivity contribution in [2.75, 3.05) is 13.1 Å². The summed E-state index contributed by atoms with van der Waals surface area (Å²) < 4.78 is 1.68. The van der Waals surface area contributed by atoms with E-state index in [1.807, 2.05) is 29.3 Å². The van der Waals surface area contributed by atoms with Crippen molar-refractivity contribution in [2.24, 2.45) is 11.8 Å². The molecule has 1 saturated heterocycles. The molecule has 21 heavy (non-hydrogen) atoms. The number of pyridine rings is 1. The highest BCUT2D eigenvalue weighted by molar-refractivity contribution is 5.94. The molecule has 1 aliphatic heterocycles. The van der Waals surface area contributed by atoms with E-state index in [0.717, 1.165) is 18.9 Å². The van der Waals surface area contributed by atoms with Crippen molar-refractivity contribution in [1.29, 1.82) is 0 Å². The summed E-state index contributed by atoms with van der Waals surface area (Å²) in [7, 11) is 0. The number of hydrogen-bond donors (Lipinski definition) is 0. The number of rotatable bonds is 2. The largest absolute Gasteiger partial charge is 0.338 e. The van der Waals surface area contributed by atoms with Gasteiger partial charge in [-0.05, 0) is 36.5 Å². The van der Waals surface area contributed by atoms with Crippen LogP contribution in [0.4, 0.5) is 0 Å². The molecule has 0 spiro atoms. The zero-order valence-electron chi connectivity index (χ0n) is 12.4. The topological polar surface area (TPSA) is 51.0 Å². The van der Waals surface area contributed by atoms with Crippen LogP contribution in [-0.2, 0) is 0 Å².